The van der Waals surface area contributed by atoms with Crippen LogP contribution in [0.25, 0.3) is 0 Å². The fraction of sp³-hybridized carbons (Fsp3) is 0.500. The molecular formula is C10H15N3O2S. The van der Waals surface area contributed by atoms with Crippen LogP contribution in [0.5, 0.6) is 0 Å². The molecule has 2 N–H and O–H groups in total. The highest BCUT2D eigenvalue weighted by atomic mass is 32.1. The lowest BCUT2D eigenvalue weighted by atomic mass is 10.3. The van der Waals surface area contributed by atoms with E-state index in [-0.39, 0.29) is 24.3 Å². The summed E-state index contributed by atoms with van der Waals surface area (Å²) < 4.78 is 0. The molecule has 0 aromatic carbocycles. The highest BCUT2D eigenvalue weighted by molar-refractivity contribution is 7.13. The molecule has 0 unspecified atom stereocenters. The molecule has 0 bridgehead atoms. The number of hydrogen-bond donors (Lipinski definition) is 2. The summed E-state index contributed by atoms with van der Waals surface area (Å²) in [6.07, 6.45) is 0.244. The van der Waals surface area contributed by atoms with Gasteiger partial charge in [0.05, 0.1) is 12.1 Å². The minimum Gasteiger partial charge on any atom is -0.354 e. The van der Waals surface area contributed by atoms with E-state index < -0.39 is 0 Å². The zero-order valence-electron chi connectivity index (χ0n) is 9.53. The minimum atomic E-state index is -0.160. The Bertz CT molecular complexity index is 387. The lowest BCUT2D eigenvalue weighted by Gasteiger charge is -2.06. The van der Waals surface area contributed by atoms with Gasteiger partial charge in [-0.2, -0.15) is 0 Å². The lowest BCUT2D eigenvalue weighted by molar-refractivity contribution is -0.121. The van der Waals surface area contributed by atoms with Crippen molar-refractivity contribution in [3.63, 3.8) is 0 Å². The van der Waals surface area contributed by atoms with Gasteiger partial charge in [0.1, 0.15) is 0 Å². The second-order valence-electron chi connectivity index (χ2n) is 3.72. The predicted octanol–water partition coefficient (Wildman–Crippen LogP) is 1.17. The first-order chi connectivity index (χ1) is 7.47. The molecule has 2 amide bonds. The quantitative estimate of drug-likeness (QED) is 0.831. The van der Waals surface area contributed by atoms with Crippen LogP contribution in [0.2, 0.25) is 0 Å². The Kier molecular flexibility index (Phi) is 4.42. The second-order valence-corrected chi connectivity index (χ2v) is 4.58. The van der Waals surface area contributed by atoms with E-state index in [9.17, 15) is 9.59 Å². The normalized spacial score (nSPS) is 10.2. The zero-order valence-corrected chi connectivity index (χ0v) is 10.4. The van der Waals surface area contributed by atoms with Gasteiger partial charge in [0.25, 0.3) is 0 Å². The molecule has 0 aliphatic rings. The van der Waals surface area contributed by atoms with Crippen LogP contribution in [0.4, 0.5) is 5.13 Å². The van der Waals surface area contributed by atoms with Gasteiger partial charge in [-0.25, -0.2) is 4.98 Å². The van der Waals surface area contributed by atoms with Crippen molar-refractivity contribution in [3.8, 4) is 0 Å². The average Bonchev–Trinajstić information content (AvgIpc) is 2.49. The smallest absolute Gasteiger partial charge is 0.226 e. The molecule has 0 aliphatic carbocycles. The number of aromatic nitrogens is 1. The van der Waals surface area contributed by atoms with Crippen molar-refractivity contribution in [2.24, 2.45) is 0 Å². The van der Waals surface area contributed by atoms with E-state index in [2.05, 4.69) is 15.6 Å². The van der Waals surface area contributed by atoms with Crippen molar-refractivity contribution in [1.29, 1.82) is 0 Å². The summed E-state index contributed by atoms with van der Waals surface area (Å²) in [7, 11) is 0. The van der Waals surface area contributed by atoms with Crippen LogP contribution in [-0.2, 0) is 16.0 Å². The standard InChI is InChI=1S/C10H15N3O2S/c1-6(2)11-9(15)4-8-5-16-10(13-8)12-7(3)14/h5-6H,4H2,1-3H3,(H,11,15)(H,12,13,14). The molecule has 1 aromatic heterocycles. The maximum Gasteiger partial charge on any atom is 0.226 e. The summed E-state index contributed by atoms with van der Waals surface area (Å²) in [5.41, 5.74) is 0.673. The number of nitrogens with zero attached hydrogens (tertiary/aromatic N) is 1. The number of amides is 2. The van der Waals surface area contributed by atoms with Crippen molar-refractivity contribution in [1.82, 2.24) is 10.3 Å². The van der Waals surface area contributed by atoms with Gasteiger partial charge >= 0.3 is 0 Å². The third-order valence-corrected chi connectivity index (χ3v) is 2.43. The molecule has 88 valence electrons. The first-order valence-electron chi connectivity index (χ1n) is 4.98. The first kappa shape index (κ1) is 12.6. The summed E-state index contributed by atoms with van der Waals surface area (Å²) in [4.78, 5) is 26.3. The molecule has 0 saturated carbocycles. The Hall–Kier alpha value is -1.43. The van der Waals surface area contributed by atoms with Crippen molar-refractivity contribution >= 4 is 28.3 Å². The van der Waals surface area contributed by atoms with Crippen LogP contribution in [0.3, 0.4) is 0 Å². The molecule has 0 aliphatic heterocycles. The van der Waals surface area contributed by atoms with Gasteiger partial charge in [-0.05, 0) is 13.8 Å². The second kappa shape index (κ2) is 5.60. The van der Waals surface area contributed by atoms with Gasteiger partial charge in [-0.1, -0.05) is 0 Å². The maximum atomic E-state index is 11.4. The predicted molar refractivity (Wildman–Crippen MR) is 63.4 cm³/mol. The van der Waals surface area contributed by atoms with Gasteiger partial charge in [-0.3, -0.25) is 9.59 Å². The number of rotatable bonds is 4. The van der Waals surface area contributed by atoms with Gasteiger partial charge in [0, 0.05) is 18.3 Å². The molecule has 5 nitrogen and oxygen atoms in total. The minimum absolute atomic E-state index is 0.0605. The van der Waals surface area contributed by atoms with Crippen LogP contribution in [0, 0.1) is 0 Å². The summed E-state index contributed by atoms with van der Waals surface area (Å²) in [5.74, 6) is -0.220. The largest absolute Gasteiger partial charge is 0.354 e. The Morgan fingerprint density at radius 2 is 2.19 bits per heavy atom. The van der Waals surface area contributed by atoms with Crippen molar-refractivity contribution in [3.05, 3.63) is 11.1 Å². The van der Waals surface area contributed by atoms with E-state index in [0.717, 1.165) is 0 Å². The topological polar surface area (TPSA) is 71.1 Å². The summed E-state index contributed by atoms with van der Waals surface area (Å²) in [5, 5.41) is 7.65. The third kappa shape index (κ3) is 4.39. The van der Waals surface area contributed by atoms with Crippen LogP contribution >= 0.6 is 11.3 Å². The van der Waals surface area contributed by atoms with E-state index in [1.54, 1.807) is 5.38 Å². The van der Waals surface area contributed by atoms with Crippen molar-refractivity contribution in [2.45, 2.75) is 33.2 Å². The third-order valence-electron chi connectivity index (χ3n) is 1.63. The molecule has 1 heterocycles. The molecule has 0 saturated heterocycles. The fourth-order valence-electron chi connectivity index (χ4n) is 1.13. The molecule has 0 atom stereocenters. The van der Waals surface area contributed by atoms with Crippen LogP contribution < -0.4 is 10.6 Å². The van der Waals surface area contributed by atoms with Gasteiger partial charge in [-0.15, -0.1) is 11.3 Å². The van der Waals surface area contributed by atoms with Gasteiger partial charge in [0.15, 0.2) is 5.13 Å². The van der Waals surface area contributed by atoms with E-state index in [0.29, 0.717) is 10.8 Å². The van der Waals surface area contributed by atoms with Crippen molar-refractivity contribution < 1.29 is 9.59 Å². The molecule has 0 spiro atoms. The number of anilines is 1. The van der Waals surface area contributed by atoms with Crippen LogP contribution in [-0.4, -0.2) is 22.8 Å². The Balaban J connectivity index is 2.51. The molecule has 1 aromatic rings. The molecule has 0 fully saturated rings. The number of carbonyl (C=O) groups is 2. The Morgan fingerprint density at radius 3 is 2.75 bits per heavy atom. The van der Waals surface area contributed by atoms with Gasteiger partial charge < -0.3 is 10.6 Å². The van der Waals surface area contributed by atoms with Crippen LogP contribution in [0.15, 0.2) is 5.38 Å². The highest BCUT2D eigenvalue weighted by Gasteiger charge is 2.08. The Morgan fingerprint density at radius 1 is 1.50 bits per heavy atom. The number of thiazole rings is 1. The molecule has 0 radical (unpaired) electrons. The first-order valence-corrected chi connectivity index (χ1v) is 5.86. The summed E-state index contributed by atoms with van der Waals surface area (Å²) in [6, 6.07) is 0.126. The van der Waals surface area contributed by atoms with E-state index in [4.69, 9.17) is 0 Å². The van der Waals surface area contributed by atoms with Crippen molar-refractivity contribution in [2.75, 3.05) is 5.32 Å². The average molecular weight is 241 g/mol. The SMILES string of the molecule is CC(=O)Nc1nc(CC(=O)NC(C)C)cs1. The van der Waals surface area contributed by atoms with E-state index in [1.807, 2.05) is 13.8 Å². The molecule has 16 heavy (non-hydrogen) atoms. The van der Waals surface area contributed by atoms with Gasteiger partial charge in [0.2, 0.25) is 11.8 Å². The summed E-state index contributed by atoms with van der Waals surface area (Å²) >= 11 is 1.32. The van der Waals surface area contributed by atoms with E-state index >= 15 is 0 Å². The monoisotopic (exact) mass is 241 g/mol. The summed E-state index contributed by atoms with van der Waals surface area (Å²) in [6.45, 7) is 5.23. The maximum absolute atomic E-state index is 11.4. The lowest BCUT2D eigenvalue weighted by Crippen LogP contribution is -2.31. The number of hydrogen-bond acceptors (Lipinski definition) is 4. The number of nitrogens with one attached hydrogen (secondary N) is 2. The Labute approximate surface area is 98.3 Å². The molecule has 1 rings (SSSR count). The molecular weight excluding hydrogens is 226 g/mol. The molecule has 6 heteroatoms. The fourth-order valence-corrected chi connectivity index (χ4v) is 1.89. The highest BCUT2D eigenvalue weighted by Crippen LogP contribution is 2.15. The number of carbonyl (C=O) groups excluding carboxylic acids is 2. The van der Waals surface area contributed by atoms with E-state index in [1.165, 1.54) is 18.3 Å². The van der Waals surface area contributed by atoms with Crippen LogP contribution in [0.1, 0.15) is 26.5 Å². The zero-order chi connectivity index (χ0) is 12.1.